The van der Waals surface area contributed by atoms with E-state index < -0.39 is 10.0 Å². The van der Waals surface area contributed by atoms with E-state index in [1.807, 2.05) is 0 Å². The number of carbonyl (C=O) groups is 1. The lowest BCUT2D eigenvalue weighted by atomic mass is 10.1. The molecule has 156 valence electrons. The first-order valence-corrected chi connectivity index (χ1v) is 11.0. The third-order valence-corrected chi connectivity index (χ3v) is 6.90. The van der Waals surface area contributed by atoms with Crippen LogP contribution in [0.15, 0.2) is 41.3 Å². The minimum Gasteiger partial charge on any atom is -0.495 e. The van der Waals surface area contributed by atoms with Crippen molar-refractivity contribution >= 4 is 44.8 Å². The first kappa shape index (κ1) is 21.9. The summed E-state index contributed by atoms with van der Waals surface area (Å²) >= 11 is 12.0. The number of anilines is 1. The number of benzene rings is 2. The summed E-state index contributed by atoms with van der Waals surface area (Å²) in [5, 5.41) is 3.56. The third-order valence-electron chi connectivity index (χ3n) is 4.42. The number of sulfonamides is 1. The first-order valence-electron chi connectivity index (χ1n) is 8.81. The van der Waals surface area contributed by atoms with Gasteiger partial charge in [-0.05, 0) is 35.9 Å². The fourth-order valence-electron chi connectivity index (χ4n) is 2.91. The van der Waals surface area contributed by atoms with Crippen molar-refractivity contribution in [1.29, 1.82) is 0 Å². The molecule has 0 aromatic heterocycles. The Bertz CT molecular complexity index is 1010. The monoisotopic (exact) mass is 458 g/mol. The Morgan fingerprint density at radius 1 is 1.17 bits per heavy atom. The van der Waals surface area contributed by atoms with E-state index in [2.05, 4.69) is 5.32 Å². The molecule has 1 aliphatic heterocycles. The maximum atomic E-state index is 12.9. The minimum absolute atomic E-state index is 0.000399. The molecular formula is C19H20Cl2N2O5S. The van der Waals surface area contributed by atoms with Crippen molar-refractivity contribution in [2.24, 2.45) is 0 Å². The topological polar surface area (TPSA) is 84.9 Å². The molecule has 0 saturated carbocycles. The van der Waals surface area contributed by atoms with E-state index in [4.69, 9.17) is 32.7 Å². The van der Waals surface area contributed by atoms with Gasteiger partial charge in [0, 0.05) is 23.1 Å². The van der Waals surface area contributed by atoms with Gasteiger partial charge in [-0.1, -0.05) is 29.3 Å². The SMILES string of the molecule is COc1ccc(S(=O)(=O)N2CCOCC2)cc1NC(=O)Cc1ccc(Cl)cc1Cl. The molecule has 7 nitrogen and oxygen atoms in total. The van der Waals surface area contributed by atoms with Gasteiger partial charge in [0.15, 0.2) is 0 Å². The van der Waals surface area contributed by atoms with Gasteiger partial charge in [-0.15, -0.1) is 0 Å². The second-order valence-corrected chi connectivity index (χ2v) is 9.12. The number of methoxy groups -OCH3 is 1. The summed E-state index contributed by atoms with van der Waals surface area (Å²) in [5.41, 5.74) is 0.863. The zero-order valence-electron chi connectivity index (χ0n) is 15.7. The Balaban J connectivity index is 1.82. The van der Waals surface area contributed by atoms with Crippen LogP contribution in [-0.2, 0) is 26.0 Å². The summed E-state index contributed by atoms with van der Waals surface area (Å²) in [6, 6.07) is 9.23. The summed E-state index contributed by atoms with van der Waals surface area (Å²) in [6.07, 6.45) is -0.000399. The smallest absolute Gasteiger partial charge is 0.243 e. The summed E-state index contributed by atoms with van der Waals surface area (Å²) in [5.74, 6) is -0.0186. The summed E-state index contributed by atoms with van der Waals surface area (Å²) < 4.78 is 37.6. The highest BCUT2D eigenvalue weighted by molar-refractivity contribution is 7.89. The lowest BCUT2D eigenvalue weighted by Crippen LogP contribution is -2.40. The molecule has 0 spiro atoms. The Hall–Kier alpha value is -1.84. The molecule has 0 unspecified atom stereocenters. The fraction of sp³-hybridized carbons (Fsp3) is 0.316. The number of ether oxygens (including phenoxy) is 2. The highest BCUT2D eigenvalue weighted by Gasteiger charge is 2.27. The van der Waals surface area contributed by atoms with Crippen molar-refractivity contribution in [2.75, 3.05) is 38.7 Å². The number of halogens is 2. The van der Waals surface area contributed by atoms with Gasteiger partial charge in [-0.3, -0.25) is 4.79 Å². The molecule has 3 rings (SSSR count). The van der Waals surface area contributed by atoms with Gasteiger partial charge >= 0.3 is 0 Å². The second-order valence-electron chi connectivity index (χ2n) is 6.34. The van der Waals surface area contributed by atoms with E-state index in [0.29, 0.717) is 34.6 Å². The van der Waals surface area contributed by atoms with E-state index in [-0.39, 0.29) is 36.0 Å². The zero-order valence-corrected chi connectivity index (χ0v) is 18.0. The van der Waals surface area contributed by atoms with Crippen LogP contribution in [0.3, 0.4) is 0 Å². The van der Waals surface area contributed by atoms with Gasteiger partial charge in [0.2, 0.25) is 15.9 Å². The number of carbonyl (C=O) groups excluding carboxylic acids is 1. The Labute approximate surface area is 179 Å². The van der Waals surface area contributed by atoms with Crippen LogP contribution < -0.4 is 10.1 Å². The molecule has 1 amide bonds. The zero-order chi connectivity index (χ0) is 21.0. The number of nitrogens with zero attached hydrogens (tertiary/aromatic N) is 1. The Morgan fingerprint density at radius 3 is 2.55 bits per heavy atom. The number of hydrogen-bond acceptors (Lipinski definition) is 5. The third kappa shape index (κ3) is 5.21. The molecule has 1 saturated heterocycles. The van der Waals surface area contributed by atoms with Crippen molar-refractivity contribution in [3.8, 4) is 5.75 Å². The highest BCUT2D eigenvalue weighted by atomic mass is 35.5. The van der Waals surface area contributed by atoms with Gasteiger partial charge in [0.1, 0.15) is 5.75 Å². The molecule has 10 heteroatoms. The van der Waals surface area contributed by atoms with Crippen molar-refractivity contribution < 1.29 is 22.7 Å². The van der Waals surface area contributed by atoms with Crippen LogP contribution in [0, 0.1) is 0 Å². The fourth-order valence-corrected chi connectivity index (χ4v) is 4.82. The molecular weight excluding hydrogens is 439 g/mol. The Morgan fingerprint density at radius 2 is 1.90 bits per heavy atom. The van der Waals surface area contributed by atoms with Gasteiger partial charge < -0.3 is 14.8 Å². The van der Waals surface area contributed by atoms with E-state index in [1.54, 1.807) is 18.2 Å². The van der Waals surface area contributed by atoms with Crippen molar-refractivity contribution in [1.82, 2.24) is 4.31 Å². The average molecular weight is 459 g/mol. The molecule has 0 atom stereocenters. The lowest BCUT2D eigenvalue weighted by molar-refractivity contribution is -0.115. The normalized spacial score (nSPS) is 15.1. The second kappa shape index (κ2) is 9.32. The van der Waals surface area contributed by atoms with Gasteiger partial charge in [0.25, 0.3) is 0 Å². The number of hydrogen-bond donors (Lipinski definition) is 1. The molecule has 0 radical (unpaired) electrons. The predicted molar refractivity (Wildman–Crippen MR) is 111 cm³/mol. The number of amides is 1. The molecule has 1 aliphatic rings. The van der Waals surface area contributed by atoms with Crippen LogP contribution in [0.5, 0.6) is 5.75 Å². The Kier molecular flexibility index (Phi) is 7.02. The lowest BCUT2D eigenvalue weighted by Gasteiger charge is -2.26. The van der Waals surface area contributed by atoms with E-state index in [9.17, 15) is 13.2 Å². The standard InChI is InChI=1S/C19H20Cl2N2O5S/c1-27-18-5-4-15(29(25,26)23-6-8-28-9-7-23)12-17(18)22-19(24)10-13-2-3-14(20)11-16(13)21/h2-5,11-12H,6-10H2,1H3,(H,22,24). The summed E-state index contributed by atoms with van der Waals surface area (Å²) in [6.45, 7) is 1.26. The molecule has 0 aliphatic carbocycles. The molecule has 2 aromatic carbocycles. The van der Waals surface area contributed by atoms with Crippen LogP contribution >= 0.6 is 23.2 Å². The van der Waals surface area contributed by atoms with E-state index >= 15 is 0 Å². The van der Waals surface area contributed by atoms with Crippen molar-refractivity contribution in [2.45, 2.75) is 11.3 Å². The maximum absolute atomic E-state index is 12.9. The van der Waals surface area contributed by atoms with Crippen LogP contribution in [0.4, 0.5) is 5.69 Å². The predicted octanol–water partition coefficient (Wildman–Crippen LogP) is 3.20. The van der Waals surface area contributed by atoms with E-state index in [1.165, 1.54) is 29.6 Å². The summed E-state index contributed by atoms with van der Waals surface area (Å²) in [7, 11) is -2.26. The van der Waals surface area contributed by atoms with Crippen LogP contribution in [0.1, 0.15) is 5.56 Å². The minimum atomic E-state index is -3.70. The number of morpholine rings is 1. The van der Waals surface area contributed by atoms with Gasteiger partial charge in [-0.25, -0.2) is 8.42 Å². The summed E-state index contributed by atoms with van der Waals surface area (Å²) in [4.78, 5) is 12.6. The number of rotatable bonds is 6. The number of nitrogens with one attached hydrogen (secondary N) is 1. The van der Waals surface area contributed by atoms with Crippen LogP contribution in [0.2, 0.25) is 10.0 Å². The maximum Gasteiger partial charge on any atom is 0.243 e. The molecule has 1 heterocycles. The first-order chi connectivity index (χ1) is 13.8. The molecule has 0 bridgehead atoms. The highest BCUT2D eigenvalue weighted by Crippen LogP contribution is 2.30. The van der Waals surface area contributed by atoms with Gasteiger partial charge in [0.05, 0.1) is 37.3 Å². The van der Waals surface area contributed by atoms with Crippen molar-refractivity contribution in [3.63, 3.8) is 0 Å². The van der Waals surface area contributed by atoms with E-state index in [0.717, 1.165) is 0 Å². The van der Waals surface area contributed by atoms with Crippen LogP contribution in [0.25, 0.3) is 0 Å². The molecule has 29 heavy (non-hydrogen) atoms. The van der Waals surface area contributed by atoms with Gasteiger partial charge in [-0.2, -0.15) is 4.31 Å². The average Bonchev–Trinajstić information content (AvgIpc) is 2.70. The largest absolute Gasteiger partial charge is 0.495 e. The quantitative estimate of drug-likeness (QED) is 0.717. The molecule has 1 fully saturated rings. The van der Waals surface area contributed by atoms with Crippen LogP contribution in [-0.4, -0.2) is 52.0 Å². The molecule has 1 N–H and O–H groups in total. The molecule has 2 aromatic rings. The van der Waals surface area contributed by atoms with Crippen molar-refractivity contribution in [3.05, 3.63) is 52.0 Å².